The highest BCUT2D eigenvalue weighted by molar-refractivity contribution is 5.34. The highest BCUT2D eigenvalue weighted by Gasteiger charge is 2.18. The minimum Gasteiger partial charge on any atom is -0.485 e. The monoisotopic (exact) mass is 162 g/mol. The smallest absolute Gasteiger partial charge is 0.168 e. The molecule has 2 aliphatic heterocycles. The van der Waals surface area contributed by atoms with Gasteiger partial charge in [-0.25, -0.2) is 0 Å². The van der Waals surface area contributed by atoms with Gasteiger partial charge in [0.15, 0.2) is 11.5 Å². The molecular weight excluding hydrogens is 152 g/mol. The first kappa shape index (κ1) is 7.22. The van der Waals surface area contributed by atoms with E-state index in [2.05, 4.69) is 6.58 Å². The van der Waals surface area contributed by atoms with Gasteiger partial charge in [-0.05, 0) is 18.2 Å². The van der Waals surface area contributed by atoms with Gasteiger partial charge in [-0.15, -0.1) is 6.58 Å². The summed E-state index contributed by atoms with van der Waals surface area (Å²) in [5.74, 6) is 2.60. The summed E-state index contributed by atoms with van der Waals surface area (Å²) in [6, 6.07) is 0. The van der Waals surface area contributed by atoms with Crippen LogP contribution in [0.2, 0.25) is 0 Å². The molecular formula is C10H10O2. The Morgan fingerprint density at radius 1 is 1.42 bits per heavy atom. The van der Waals surface area contributed by atoms with Crippen LogP contribution in [0.3, 0.4) is 0 Å². The SMILES string of the molecule is C=CCC1=CC=C2OCC=C2O1. The summed E-state index contributed by atoms with van der Waals surface area (Å²) in [4.78, 5) is 0. The fourth-order valence-corrected chi connectivity index (χ4v) is 1.20. The predicted molar refractivity (Wildman–Crippen MR) is 46.1 cm³/mol. The summed E-state index contributed by atoms with van der Waals surface area (Å²) in [6.07, 6.45) is 8.37. The maximum atomic E-state index is 5.51. The van der Waals surface area contributed by atoms with Gasteiger partial charge in [-0.3, -0.25) is 0 Å². The van der Waals surface area contributed by atoms with Gasteiger partial charge in [0.05, 0.1) is 0 Å². The van der Waals surface area contributed by atoms with E-state index < -0.39 is 0 Å². The first-order chi connectivity index (χ1) is 5.90. The first-order valence-corrected chi connectivity index (χ1v) is 3.93. The van der Waals surface area contributed by atoms with E-state index in [1.165, 1.54) is 0 Å². The summed E-state index contributed by atoms with van der Waals surface area (Å²) in [5, 5.41) is 0. The molecule has 0 N–H and O–H groups in total. The molecule has 0 spiro atoms. The van der Waals surface area contributed by atoms with Crippen LogP contribution in [0.4, 0.5) is 0 Å². The van der Waals surface area contributed by atoms with Crippen molar-refractivity contribution < 1.29 is 9.47 Å². The third-order valence-corrected chi connectivity index (χ3v) is 1.76. The van der Waals surface area contributed by atoms with Gasteiger partial charge >= 0.3 is 0 Å². The number of fused-ring (bicyclic) bond motifs is 1. The second kappa shape index (κ2) is 2.89. The van der Waals surface area contributed by atoms with Crippen LogP contribution in [0, 0.1) is 0 Å². The van der Waals surface area contributed by atoms with Crippen molar-refractivity contribution in [3.05, 3.63) is 48.2 Å². The quantitative estimate of drug-likeness (QED) is 0.580. The number of ether oxygens (including phenoxy) is 2. The normalized spacial score (nSPS) is 19.5. The van der Waals surface area contributed by atoms with Crippen LogP contribution in [-0.2, 0) is 9.47 Å². The molecule has 0 amide bonds. The summed E-state index contributed by atoms with van der Waals surface area (Å²) >= 11 is 0. The zero-order valence-electron chi connectivity index (χ0n) is 6.75. The van der Waals surface area contributed by atoms with Crippen molar-refractivity contribution in [1.29, 1.82) is 0 Å². The Hall–Kier alpha value is -1.44. The van der Waals surface area contributed by atoms with Gasteiger partial charge in [0.1, 0.15) is 12.4 Å². The van der Waals surface area contributed by atoms with Crippen molar-refractivity contribution in [2.24, 2.45) is 0 Å². The van der Waals surface area contributed by atoms with E-state index in [0.717, 1.165) is 23.7 Å². The molecule has 0 aromatic carbocycles. The molecule has 0 aromatic rings. The summed E-state index contributed by atoms with van der Waals surface area (Å²) in [6.45, 7) is 4.27. The lowest BCUT2D eigenvalue weighted by Gasteiger charge is -2.13. The van der Waals surface area contributed by atoms with Crippen molar-refractivity contribution in [1.82, 2.24) is 0 Å². The summed E-state index contributed by atoms with van der Waals surface area (Å²) < 4.78 is 10.8. The molecule has 2 nitrogen and oxygen atoms in total. The Labute approximate surface area is 71.5 Å². The van der Waals surface area contributed by atoms with Crippen LogP contribution < -0.4 is 0 Å². The second-order valence-corrected chi connectivity index (χ2v) is 2.64. The third-order valence-electron chi connectivity index (χ3n) is 1.76. The fraction of sp³-hybridized carbons (Fsp3) is 0.200. The van der Waals surface area contributed by atoms with Gasteiger partial charge < -0.3 is 9.47 Å². The zero-order valence-corrected chi connectivity index (χ0v) is 6.75. The fourth-order valence-electron chi connectivity index (χ4n) is 1.20. The molecule has 0 bridgehead atoms. The van der Waals surface area contributed by atoms with E-state index in [4.69, 9.17) is 9.47 Å². The average molecular weight is 162 g/mol. The first-order valence-electron chi connectivity index (χ1n) is 3.93. The molecule has 0 aliphatic carbocycles. The largest absolute Gasteiger partial charge is 0.485 e. The molecule has 0 radical (unpaired) electrons. The van der Waals surface area contributed by atoms with E-state index in [9.17, 15) is 0 Å². The van der Waals surface area contributed by atoms with Gasteiger partial charge in [0, 0.05) is 6.42 Å². The number of allylic oxidation sites excluding steroid dienone is 3. The maximum absolute atomic E-state index is 5.51. The summed E-state index contributed by atoms with van der Waals surface area (Å²) in [5.41, 5.74) is 0. The van der Waals surface area contributed by atoms with Crippen molar-refractivity contribution in [3.63, 3.8) is 0 Å². The number of hydrogen-bond acceptors (Lipinski definition) is 2. The predicted octanol–water partition coefficient (Wildman–Crippen LogP) is 2.27. The van der Waals surface area contributed by atoms with E-state index >= 15 is 0 Å². The molecule has 0 atom stereocenters. The van der Waals surface area contributed by atoms with E-state index in [1.807, 2.05) is 24.3 Å². The molecule has 2 rings (SSSR count). The lowest BCUT2D eigenvalue weighted by atomic mass is 10.2. The minimum absolute atomic E-state index is 0.621. The molecule has 0 aromatic heterocycles. The molecule has 62 valence electrons. The van der Waals surface area contributed by atoms with Crippen LogP contribution in [-0.4, -0.2) is 6.61 Å². The molecule has 2 heterocycles. The second-order valence-electron chi connectivity index (χ2n) is 2.64. The highest BCUT2D eigenvalue weighted by Crippen LogP contribution is 2.27. The molecule has 0 unspecified atom stereocenters. The Morgan fingerprint density at radius 2 is 2.33 bits per heavy atom. The van der Waals surface area contributed by atoms with E-state index in [1.54, 1.807) is 0 Å². The molecule has 2 heteroatoms. The van der Waals surface area contributed by atoms with Crippen LogP contribution in [0.5, 0.6) is 0 Å². The molecule has 0 fully saturated rings. The van der Waals surface area contributed by atoms with E-state index in [-0.39, 0.29) is 0 Å². The molecule has 12 heavy (non-hydrogen) atoms. The maximum Gasteiger partial charge on any atom is 0.168 e. The number of hydrogen-bond donors (Lipinski definition) is 0. The lowest BCUT2D eigenvalue weighted by Crippen LogP contribution is -1.98. The summed E-state index contributed by atoms with van der Waals surface area (Å²) in [7, 11) is 0. The highest BCUT2D eigenvalue weighted by atomic mass is 16.5. The third kappa shape index (κ3) is 1.16. The van der Waals surface area contributed by atoms with Crippen LogP contribution >= 0.6 is 0 Å². The van der Waals surface area contributed by atoms with Crippen molar-refractivity contribution >= 4 is 0 Å². The topological polar surface area (TPSA) is 18.5 Å². The Bertz CT molecular complexity index is 295. The van der Waals surface area contributed by atoms with Crippen LogP contribution in [0.1, 0.15) is 6.42 Å². The zero-order chi connectivity index (χ0) is 8.39. The number of rotatable bonds is 2. The lowest BCUT2D eigenvalue weighted by molar-refractivity contribution is 0.228. The van der Waals surface area contributed by atoms with Crippen molar-refractivity contribution in [2.75, 3.05) is 6.61 Å². The Kier molecular flexibility index (Phi) is 1.74. The van der Waals surface area contributed by atoms with Gasteiger partial charge in [0.2, 0.25) is 0 Å². The van der Waals surface area contributed by atoms with Gasteiger partial charge in [-0.2, -0.15) is 0 Å². The van der Waals surface area contributed by atoms with Crippen molar-refractivity contribution in [2.45, 2.75) is 6.42 Å². The Balaban J connectivity index is 2.18. The van der Waals surface area contributed by atoms with E-state index in [0.29, 0.717) is 6.61 Å². The molecule has 0 saturated heterocycles. The van der Waals surface area contributed by atoms with Crippen molar-refractivity contribution in [3.8, 4) is 0 Å². The average Bonchev–Trinajstić information content (AvgIpc) is 2.51. The standard InChI is InChI=1S/C10H10O2/c1-2-3-8-4-5-9-10(12-8)6-7-11-9/h2,4-6H,1,3,7H2. The van der Waals surface area contributed by atoms with Crippen LogP contribution in [0.15, 0.2) is 48.2 Å². The van der Waals surface area contributed by atoms with Crippen LogP contribution in [0.25, 0.3) is 0 Å². The minimum atomic E-state index is 0.621. The Morgan fingerprint density at radius 3 is 3.17 bits per heavy atom. The molecule has 2 aliphatic rings. The molecule has 0 saturated carbocycles. The van der Waals surface area contributed by atoms with Gasteiger partial charge in [0.25, 0.3) is 0 Å². The van der Waals surface area contributed by atoms with Gasteiger partial charge in [-0.1, -0.05) is 6.08 Å².